The van der Waals surface area contributed by atoms with E-state index >= 15 is 0 Å². The van der Waals surface area contributed by atoms with Crippen LogP contribution in [0.5, 0.6) is 0 Å². The molecule has 0 aliphatic carbocycles. The fraction of sp³-hybridized carbons (Fsp3) is 0.208. The van der Waals surface area contributed by atoms with Crippen molar-refractivity contribution >= 4 is 21.1 Å². The van der Waals surface area contributed by atoms with Crippen LogP contribution in [0.4, 0.5) is 0 Å². The molecule has 4 rings (SSSR count). The lowest BCUT2D eigenvalue weighted by Crippen LogP contribution is -2.27. The van der Waals surface area contributed by atoms with Gasteiger partial charge in [-0.05, 0) is 36.2 Å². The van der Waals surface area contributed by atoms with E-state index in [1.54, 1.807) is 12.1 Å². The number of sulfonamides is 1. The molecule has 6 heteroatoms. The lowest BCUT2D eigenvalue weighted by molar-refractivity contribution is 0.574. The van der Waals surface area contributed by atoms with Crippen LogP contribution in [0.25, 0.3) is 22.4 Å². The van der Waals surface area contributed by atoms with Crippen LogP contribution in [0.15, 0.2) is 83.8 Å². The van der Waals surface area contributed by atoms with Crippen molar-refractivity contribution in [3.8, 4) is 11.4 Å². The van der Waals surface area contributed by atoms with E-state index < -0.39 is 10.0 Å². The molecule has 3 aromatic carbocycles. The molecule has 0 aliphatic heterocycles. The molecule has 0 radical (unpaired) electrons. The van der Waals surface area contributed by atoms with Gasteiger partial charge in [0, 0.05) is 18.7 Å². The van der Waals surface area contributed by atoms with Crippen LogP contribution in [0.3, 0.4) is 0 Å². The van der Waals surface area contributed by atoms with E-state index in [-0.39, 0.29) is 6.54 Å². The van der Waals surface area contributed by atoms with Gasteiger partial charge < -0.3 is 4.57 Å². The topological polar surface area (TPSA) is 64.0 Å². The third-order valence-electron chi connectivity index (χ3n) is 5.09. The number of imidazole rings is 1. The van der Waals surface area contributed by atoms with Crippen LogP contribution < -0.4 is 4.72 Å². The van der Waals surface area contributed by atoms with Crippen LogP contribution in [-0.4, -0.2) is 24.5 Å². The Bertz CT molecular complexity index is 1230. The van der Waals surface area contributed by atoms with E-state index in [9.17, 15) is 8.42 Å². The molecule has 1 N–H and O–H groups in total. The normalized spacial score (nSPS) is 11.8. The zero-order valence-electron chi connectivity index (χ0n) is 17.0. The Morgan fingerprint density at radius 2 is 1.60 bits per heavy atom. The molecule has 0 unspecified atom stereocenters. The van der Waals surface area contributed by atoms with E-state index in [1.807, 2.05) is 66.7 Å². The molecule has 0 spiro atoms. The molecule has 0 bridgehead atoms. The third kappa shape index (κ3) is 4.30. The Morgan fingerprint density at radius 3 is 2.33 bits per heavy atom. The fourth-order valence-corrected chi connectivity index (χ4v) is 4.63. The lowest BCUT2D eigenvalue weighted by Gasteiger charge is -2.11. The first-order valence-electron chi connectivity index (χ1n) is 10.2. The average molecular weight is 420 g/mol. The molecule has 5 nitrogen and oxygen atoms in total. The molecule has 1 aromatic heterocycles. The molecule has 0 saturated heterocycles. The Hall–Kier alpha value is -2.96. The maximum absolute atomic E-state index is 12.7. The monoisotopic (exact) mass is 419 g/mol. The number of benzene rings is 3. The highest BCUT2D eigenvalue weighted by atomic mass is 32.2. The van der Waals surface area contributed by atoms with Crippen molar-refractivity contribution in [1.82, 2.24) is 14.3 Å². The number of aromatic nitrogens is 2. The number of hydrogen-bond acceptors (Lipinski definition) is 3. The van der Waals surface area contributed by atoms with E-state index in [1.165, 1.54) is 0 Å². The number of aryl methyl sites for hydroxylation is 1. The van der Waals surface area contributed by atoms with E-state index in [4.69, 9.17) is 4.98 Å². The van der Waals surface area contributed by atoms with E-state index in [0.29, 0.717) is 11.4 Å². The Kier molecular flexibility index (Phi) is 5.97. The average Bonchev–Trinajstić information content (AvgIpc) is 3.14. The van der Waals surface area contributed by atoms with Crippen molar-refractivity contribution in [1.29, 1.82) is 0 Å². The van der Waals surface area contributed by atoms with Gasteiger partial charge in [-0.1, -0.05) is 67.9 Å². The first-order valence-corrected chi connectivity index (χ1v) is 11.7. The largest absolute Gasteiger partial charge is 0.323 e. The summed E-state index contributed by atoms with van der Waals surface area (Å²) < 4.78 is 30.2. The number of para-hydroxylation sites is 2. The van der Waals surface area contributed by atoms with Crippen LogP contribution in [-0.2, 0) is 23.0 Å². The van der Waals surface area contributed by atoms with Crippen LogP contribution >= 0.6 is 0 Å². The Balaban J connectivity index is 1.55. The highest BCUT2D eigenvalue weighted by Gasteiger charge is 2.16. The van der Waals surface area contributed by atoms with Crippen molar-refractivity contribution in [2.75, 3.05) is 6.54 Å². The first kappa shape index (κ1) is 20.3. The predicted octanol–water partition coefficient (Wildman–Crippen LogP) is 4.63. The van der Waals surface area contributed by atoms with Crippen LogP contribution in [0, 0.1) is 0 Å². The SMILES string of the molecule is CCCc1ccc(S(=O)(=O)NCCn2c(-c3ccccc3)nc3ccccc32)cc1. The number of rotatable bonds is 8. The van der Waals surface area contributed by atoms with Gasteiger partial charge in [-0.3, -0.25) is 0 Å². The zero-order chi connectivity index (χ0) is 21.0. The maximum atomic E-state index is 12.7. The number of fused-ring (bicyclic) bond motifs is 1. The van der Waals surface area contributed by atoms with Crippen LogP contribution in [0.2, 0.25) is 0 Å². The lowest BCUT2D eigenvalue weighted by atomic mass is 10.1. The van der Waals surface area contributed by atoms with E-state index in [2.05, 4.69) is 16.2 Å². The van der Waals surface area contributed by atoms with Crippen molar-refractivity contribution in [2.24, 2.45) is 0 Å². The fourth-order valence-electron chi connectivity index (χ4n) is 3.61. The van der Waals surface area contributed by atoms with Crippen molar-refractivity contribution in [2.45, 2.75) is 31.2 Å². The summed E-state index contributed by atoms with van der Waals surface area (Å²) in [6, 6.07) is 25.0. The standard InChI is InChI=1S/C24H25N3O2S/c1-2-8-19-13-15-21(16-14-19)30(28,29)25-17-18-27-23-12-7-6-11-22(23)26-24(27)20-9-4-3-5-10-20/h3-7,9-16,25H,2,8,17-18H2,1H3. The van der Waals surface area contributed by atoms with Gasteiger partial charge in [0.15, 0.2) is 0 Å². The summed E-state index contributed by atoms with van der Waals surface area (Å²) >= 11 is 0. The van der Waals surface area contributed by atoms with Gasteiger partial charge in [-0.15, -0.1) is 0 Å². The molecule has 1 heterocycles. The number of nitrogens with one attached hydrogen (secondary N) is 1. The summed E-state index contributed by atoms with van der Waals surface area (Å²) in [6.07, 6.45) is 1.98. The minimum absolute atomic E-state index is 0.277. The zero-order valence-corrected chi connectivity index (χ0v) is 17.8. The first-order chi connectivity index (χ1) is 14.6. The van der Waals surface area contributed by atoms with E-state index in [0.717, 1.165) is 40.8 Å². The van der Waals surface area contributed by atoms with Gasteiger partial charge in [-0.2, -0.15) is 0 Å². The Morgan fingerprint density at radius 1 is 0.900 bits per heavy atom. The van der Waals surface area contributed by atoms with Gasteiger partial charge in [0.1, 0.15) is 5.82 Å². The summed E-state index contributed by atoms with van der Waals surface area (Å²) in [5.41, 5.74) is 4.03. The minimum atomic E-state index is -3.56. The second kappa shape index (κ2) is 8.81. The van der Waals surface area contributed by atoms with Crippen molar-refractivity contribution in [3.63, 3.8) is 0 Å². The second-order valence-corrected chi connectivity index (χ2v) is 9.00. The molecule has 154 valence electrons. The van der Waals surface area contributed by atoms with Gasteiger partial charge in [0.25, 0.3) is 0 Å². The summed E-state index contributed by atoms with van der Waals surface area (Å²) in [5.74, 6) is 0.833. The summed E-state index contributed by atoms with van der Waals surface area (Å²) in [4.78, 5) is 5.06. The Labute approximate surface area is 177 Å². The second-order valence-electron chi connectivity index (χ2n) is 7.23. The van der Waals surface area contributed by atoms with Gasteiger partial charge in [0.05, 0.1) is 15.9 Å². The quantitative estimate of drug-likeness (QED) is 0.453. The van der Waals surface area contributed by atoms with Gasteiger partial charge >= 0.3 is 0 Å². The number of nitrogens with zero attached hydrogens (tertiary/aromatic N) is 2. The molecule has 0 amide bonds. The van der Waals surface area contributed by atoms with Crippen molar-refractivity contribution < 1.29 is 8.42 Å². The highest BCUT2D eigenvalue weighted by molar-refractivity contribution is 7.89. The molecular formula is C24H25N3O2S. The molecule has 0 fully saturated rings. The summed E-state index contributed by atoms with van der Waals surface area (Å²) in [7, 11) is -3.56. The smallest absolute Gasteiger partial charge is 0.240 e. The molecule has 0 atom stereocenters. The van der Waals surface area contributed by atoms with Crippen molar-refractivity contribution in [3.05, 3.63) is 84.4 Å². The number of hydrogen-bond donors (Lipinski definition) is 1. The minimum Gasteiger partial charge on any atom is -0.323 e. The summed E-state index contributed by atoms with van der Waals surface area (Å²) in [5, 5.41) is 0. The van der Waals surface area contributed by atoms with Gasteiger partial charge in [-0.25, -0.2) is 18.1 Å². The highest BCUT2D eigenvalue weighted by Crippen LogP contribution is 2.24. The maximum Gasteiger partial charge on any atom is 0.240 e. The van der Waals surface area contributed by atoms with Gasteiger partial charge in [0.2, 0.25) is 10.0 Å². The molecule has 4 aromatic rings. The molecule has 30 heavy (non-hydrogen) atoms. The molecule has 0 saturated carbocycles. The van der Waals surface area contributed by atoms with Crippen LogP contribution in [0.1, 0.15) is 18.9 Å². The molecule has 0 aliphatic rings. The predicted molar refractivity (Wildman–Crippen MR) is 121 cm³/mol. The third-order valence-corrected chi connectivity index (χ3v) is 6.56. The molecular weight excluding hydrogens is 394 g/mol. The summed E-state index contributed by atoms with van der Waals surface area (Å²) in [6.45, 7) is 2.87.